The molecule has 1 fully saturated rings. The third-order valence-electron chi connectivity index (χ3n) is 5.44. The van der Waals surface area contributed by atoms with Gasteiger partial charge in [-0.3, -0.25) is 0 Å². The van der Waals surface area contributed by atoms with E-state index in [4.69, 9.17) is 0 Å². The number of benzene rings is 2. The van der Waals surface area contributed by atoms with E-state index >= 15 is 0 Å². The van der Waals surface area contributed by atoms with E-state index < -0.39 is 5.97 Å². The molecule has 0 amide bonds. The minimum atomic E-state index is -0.947. The molecule has 2 aromatic rings. The van der Waals surface area contributed by atoms with Crippen LogP contribution < -0.4 is 0 Å². The normalized spacial score (nSPS) is 20.4. The number of carboxylic acids is 1. The maximum absolute atomic E-state index is 13.2. The van der Waals surface area contributed by atoms with Gasteiger partial charge in [-0.1, -0.05) is 44.0 Å². The summed E-state index contributed by atoms with van der Waals surface area (Å²) in [6, 6.07) is 11.7. The summed E-state index contributed by atoms with van der Waals surface area (Å²) in [7, 11) is 0. The number of aromatic carboxylic acids is 1. The van der Waals surface area contributed by atoms with Crippen LogP contribution in [0.25, 0.3) is 11.1 Å². The topological polar surface area (TPSA) is 37.3 Å². The second kappa shape index (κ2) is 7.81. The average Bonchev–Trinajstić information content (AvgIpc) is 2.63. The highest BCUT2D eigenvalue weighted by atomic mass is 19.1. The molecule has 0 saturated heterocycles. The second-order valence-electron chi connectivity index (χ2n) is 7.12. The molecule has 0 aromatic heterocycles. The van der Waals surface area contributed by atoms with Gasteiger partial charge in [0.25, 0.3) is 0 Å². The Balaban J connectivity index is 1.88. The van der Waals surface area contributed by atoms with Gasteiger partial charge in [0.15, 0.2) is 0 Å². The Labute approximate surface area is 148 Å². The maximum atomic E-state index is 13.2. The fourth-order valence-electron chi connectivity index (χ4n) is 4.06. The summed E-state index contributed by atoms with van der Waals surface area (Å²) in [6.45, 7) is 2.24. The molecular formula is C22H25FO2. The van der Waals surface area contributed by atoms with Crippen LogP contribution in [0.5, 0.6) is 0 Å². The molecule has 2 aromatic carbocycles. The van der Waals surface area contributed by atoms with E-state index in [-0.39, 0.29) is 11.4 Å². The van der Waals surface area contributed by atoms with Crippen LogP contribution in [-0.4, -0.2) is 11.1 Å². The van der Waals surface area contributed by atoms with Gasteiger partial charge in [-0.05, 0) is 72.4 Å². The number of hydrogen-bond donors (Lipinski definition) is 1. The van der Waals surface area contributed by atoms with Crippen molar-refractivity contribution in [1.29, 1.82) is 0 Å². The first-order valence-electron chi connectivity index (χ1n) is 9.21. The van der Waals surface area contributed by atoms with E-state index in [0.29, 0.717) is 11.5 Å². The van der Waals surface area contributed by atoms with Crippen molar-refractivity contribution in [3.8, 4) is 11.1 Å². The molecule has 1 N–H and O–H groups in total. The van der Waals surface area contributed by atoms with Crippen LogP contribution in [0, 0.1) is 11.7 Å². The highest BCUT2D eigenvalue weighted by Crippen LogP contribution is 2.39. The van der Waals surface area contributed by atoms with Crippen LogP contribution in [-0.2, 0) is 0 Å². The quantitative estimate of drug-likeness (QED) is 0.697. The minimum Gasteiger partial charge on any atom is -0.478 e. The van der Waals surface area contributed by atoms with Crippen molar-refractivity contribution in [2.45, 2.75) is 51.4 Å². The first-order chi connectivity index (χ1) is 12.1. The van der Waals surface area contributed by atoms with Crippen LogP contribution in [0.2, 0.25) is 0 Å². The summed E-state index contributed by atoms with van der Waals surface area (Å²) in [6.07, 6.45) is 7.40. The third kappa shape index (κ3) is 4.09. The molecule has 1 aliphatic rings. The summed E-state index contributed by atoms with van der Waals surface area (Å²) in [4.78, 5) is 11.6. The highest BCUT2D eigenvalue weighted by molar-refractivity contribution is 5.96. The van der Waals surface area contributed by atoms with Crippen LogP contribution in [0.4, 0.5) is 4.39 Å². The standard InChI is InChI=1S/C22H25FO2/c1-2-3-15-4-6-16(7-5-15)18-10-13-20(22(24)25)21(14-18)17-8-11-19(23)12-9-17/h8-16H,2-7H2,1H3,(H,24,25)/t15-,16-. The Bertz CT molecular complexity index is 728. The Morgan fingerprint density at radius 1 is 1.08 bits per heavy atom. The number of carboxylic acid groups (broad SMARTS) is 1. The van der Waals surface area contributed by atoms with Crippen molar-refractivity contribution in [2.24, 2.45) is 5.92 Å². The lowest BCUT2D eigenvalue weighted by molar-refractivity contribution is 0.0697. The summed E-state index contributed by atoms with van der Waals surface area (Å²) >= 11 is 0. The van der Waals surface area contributed by atoms with Gasteiger partial charge in [0.2, 0.25) is 0 Å². The molecule has 0 spiro atoms. The lowest BCUT2D eigenvalue weighted by Gasteiger charge is -2.29. The Morgan fingerprint density at radius 3 is 2.36 bits per heavy atom. The van der Waals surface area contributed by atoms with E-state index in [1.165, 1.54) is 56.2 Å². The second-order valence-corrected chi connectivity index (χ2v) is 7.12. The van der Waals surface area contributed by atoms with Crippen molar-refractivity contribution >= 4 is 5.97 Å². The molecule has 0 heterocycles. The monoisotopic (exact) mass is 340 g/mol. The molecule has 1 aliphatic carbocycles. The molecule has 132 valence electrons. The smallest absolute Gasteiger partial charge is 0.336 e. The zero-order valence-electron chi connectivity index (χ0n) is 14.7. The van der Waals surface area contributed by atoms with E-state index in [0.717, 1.165) is 11.5 Å². The molecule has 0 aliphatic heterocycles. The van der Waals surface area contributed by atoms with Crippen molar-refractivity contribution in [1.82, 2.24) is 0 Å². The van der Waals surface area contributed by atoms with Gasteiger partial charge in [0.05, 0.1) is 5.56 Å². The fraction of sp³-hybridized carbons (Fsp3) is 0.409. The number of rotatable bonds is 5. The van der Waals surface area contributed by atoms with Crippen molar-refractivity contribution < 1.29 is 14.3 Å². The Hall–Kier alpha value is -2.16. The molecule has 1 saturated carbocycles. The average molecular weight is 340 g/mol. The zero-order chi connectivity index (χ0) is 17.8. The first-order valence-corrected chi connectivity index (χ1v) is 9.21. The van der Waals surface area contributed by atoms with E-state index in [9.17, 15) is 14.3 Å². The Morgan fingerprint density at radius 2 is 1.76 bits per heavy atom. The van der Waals surface area contributed by atoms with E-state index in [2.05, 4.69) is 6.92 Å². The van der Waals surface area contributed by atoms with Gasteiger partial charge in [0, 0.05) is 0 Å². The maximum Gasteiger partial charge on any atom is 0.336 e. The first kappa shape index (κ1) is 17.7. The molecular weight excluding hydrogens is 315 g/mol. The molecule has 0 unspecified atom stereocenters. The fourth-order valence-corrected chi connectivity index (χ4v) is 4.06. The van der Waals surface area contributed by atoms with Crippen LogP contribution in [0.1, 0.15) is 67.3 Å². The summed E-state index contributed by atoms with van der Waals surface area (Å²) in [5.74, 6) is 0.0785. The van der Waals surface area contributed by atoms with Crippen LogP contribution in [0.15, 0.2) is 42.5 Å². The van der Waals surface area contributed by atoms with Crippen LogP contribution in [0.3, 0.4) is 0 Å². The van der Waals surface area contributed by atoms with E-state index in [1.807, 2.05) is 12.1 Å². The Kier molecular flexibility index (Phi) is 5.52. The van der Waals surface area contributed by atoms with Gasteiger partial charge in [-0.25, -0.2) is 9.18 Å². The summed E-state index contributed by atoms with van der Waals surface area (Å²) in [5, 5.41) is 9.50. The minimum absolute atomic E-state index is 0.273. The van der Waals surface area contributed by atoms with Crippen LogP contribution >= 0.6 is 0 Å². The summed E-state index contributed by atoms with van der Waals surface area (Å²) in [5.41, 5.74) is 2.91. The lowest BCUT2D eigenvalue weighted by atomic mass is 9.76. The molecule has 0 bridgehead atoms. The number of hydrogen-bond acceptors (Lipinski definition) is 1. The van der Waals surface area contributed by atoms with Crippen molar-refractivity contribution in [3.63, 3.8) is 0 Å². The number of halogens is 1. The molecule has 0 radical (unpaired) electrons. The largest absolute Gasteiger partial charge is 0.478 e. The van der Waals surface area contributed by atoms with Crippen molar-refractivity contribution in [3.05, 3.63) is 59.4 Å². The predicted octanol–water partition coefficient (Wildman–Crippen LogP) is 6.26. The molecule has 0 atom stereocenters. The molecule has 3 heteroatoms. The van der Waals surface area contributed by atoms with Gasteiger partial charge in [-0.15, -0.1) is 0 Å². The SMILES string of the molecule is CCC[C@H]1CC[C@H](c2ccc(C(=O)O)c(-c3ccc(F)cc3)c2)CC1. The third-order valence-corrected chi connectivity index (χ3v) is 5.44. The molecule has 2 nitrogen and oxygen atoms in total. The lowest BCUT2D eigenvalue weighted by Crippen LogP contribution is -2.13. The van der Waals surface area contributed by atoms with Gasteiger partial charge < -0.3 is 5.11 Å². The van der Waals surface area contributed by atoms with Crippen molar-refractivity contribution in [2.75, 3.05) is 0 Å². The summed E-state index contributed by atoms with van der Waals surface area (Å²) < 4.78 is 13.2. The van der Waals surface area contributed by atoms with Gasteiger partial charge >= 0.3 is 5.97 Å². The highest BCUT2D eigenvalue weighted by Gasteiger charge is 2.23. The number of carbonyl (C=O) groups is 1. The molecule has 3 rings (SSSR count). The van der Waals surface area contributed by atoms with Gasteiger partial charge in [0.1, 0.15) is 5.82 Å². The zero-order valence-corrected chi connectivity index (χ0v) is 14.7. The predicted molar refractivity (Wildman–Crippen MR) is 98.4 cm³/mol. The van der Waals surface area contributed by atoms with E-state index in [1.54, 1.807) is 18.2 Å². The van der Waals surface area contributed by atoms with Gasteiger partial charge in [-0.2, -0.15) is 0 Å². The molecule has 25 heavy (non-hydrogen) atoms.